The lowest BCUT2D eigenvalue weighted by molar-refractivity contribution is 0.128. The van der Waals surface area contributed by atoms with Crippen molar-refractivity contribution in [3.05, 3.63) is 0 Å². The highest BCUT2D eigenvalue weighted by atomic mass is 16.5. The lowest BCUT2D eigenvalue weighted by Crippen LogP contribution is -1.96. The van der Waals surface area contributed by atoms with E-state index in [1.807, 2.05) is 0 Å². The zero-order chi connectivity index (χ0) is 9.07. The summed E-state index contributed by atoms with van der Waals surface area (Å²) in [5.41, 5.74) is 0. The van der Waals surface area contributed by atoms with Crippen molar-refractivity contribution in [2.45, 2.75) is 45.4 Å². The molecule has 0 amide bonds. The minimum atomic E-state index is 0.620. The molecule has 0 aromatic heterocycles. The number of hydrogen-bond acceptors (Lipinski definition) is 2. The number of unbranched alkanes of at least 4 members (excludes halogenated alkanes) is 4. The van der Waals surface area contributed by atoms with Gasteiger partial charge in [-0.3, -0.25) is 0 Å². The van der Waals surface area contributed by atoms with Crippen LogP contribution in [0.4, 0.5) is 0 Å². The molecule has 0 aromatic carbocycles. The van der Waals surface area contributed by atoms with Crippen LogP contribution >= 0.6 is 0 Å². The molecular formula is C10H19NO. The molecule has 0 aliphatic carbocycles. The topological polar surface area (TPSA) is 33.0 Å². The minimum Gasteiger partial charge on any atom is -0.381 e. The van der Waals surface area contributed by atoms with E-state index < -0.39 is 0 Å². The summed E-state index contributed by atoms with van der Waals surface area (Å²) < 4.78 is 5.33. The first-order valence-corrected chi connectivity index (χ1v) is 4.86. The average molecular weight is 169 g/mol. The zero-order valence-corrected chi connectivity index (χ0v) is 8.01. The van der Waals surface area contributed by atoms with Crippen LogP contribution in [0.15, 0.2) is 0 Å². The third kappa shape index (κ3) is 9.45. The Bertz CT molecular complexity index is 117. The van der Waals surface area contributed by atoms with E-state index in [4.69, 9.17) is 10.00 Å². The molecule has 0 bridgehead atoms. The minimum absolute atomic E-state index is 0.620. The lowest BCUT2D eigenvalue weighted by Gasteiger charge is -2.01. The molecule has 70 valence electrons. The van der Waals surface area contributed by atoms with E-state index in [0.29, 0.717) is 6.42 Å². The normalized spacial score (nSPS) is 9.67. The van der Waals surface area contributed by atoms with Gasteiger partial charge >= 0.3 is 0 Å². The van der Waals surface area contributed by atoms with Gasteiger partial charge < -0.3 is 4.74 Å². The third-order valence-electron chi connectivity index (χ3n) is 1.72. The molecule has 2 heteroatoms. The molecule has 0 saturated heterocycles. The zero-order valence-electron chi connectivity index (χ0n) is 8.01. The largest absolute Gasteiger partial charge is 0.381 e. The van der Waals surface area contributed by atoms with Crippen molar-refractivity contribution in [1.82, 2.24) is 0 Å². The van der Waals surface area contributed by atoms with Gasteiger partial charge in [0.25, 0.3) is 0 Å². The summed E-state index contributed by atoms with van der Waals surface area (Å²) in [6, 6.07) is 2.10. The van der Waals surface area contributed by atoms with E-state index in [1.165, 1.54) is 25.7 Å². The lowest BCUT2D eigenvalue weighted by atomic mass is 10.2. The highest BCUT2D eigenvalue weighted by Gasteiger charge is 1.89. The molecule has 0 unspecified atom stereocenters. The van der Waals surface area contributed by atoms with Crippen molar-refractivity contribution in [2.75, 3.05) is 13.2 Å². The van der Waals surface area contributed by atoms with Crippen molar-refractivity contribution >= 4 is 0 Å². The number of nitrogens with zero attached hydrogens (tertiary/aromatic N) is 1. The number of nitriles is 1. The number of hydrogen-bond donors (Lipinski definition) is 0. The van der Waals surface area contributed by atoms with Crippen LogP contribution in [0.5, 0.6) is 0 Å². The van der Waals surface area contributed by atoms with Gasteiger partial charge in [-0.1, -0.05) is 26.2 Å². The Morgan fingerprint density at radius 2 is 1.83 bits per heavy atom. The van der Waals surface area contributed by atoms with Gasteiger partial charge in [0.05, 0.1) is 6.07 Å². The molecular weight excluding hydrogens is 150 g/mol. The first kappa shape index (κ1) is 11.4. The fourth-order valence-electron chi connectivity index (χ4n) is 0.986. The van der Waals surface area contributed by atoms with Gasteiger partial charge in [0, 0.05) is 19.6 Å². The van der Waals surface area contributed by atoms with Gasteiger partial charge in [-0.25, -0.2) is 0 Å². The molecule has 0 aliphatic rings. The summed E-state index contributed by atoms with van der Waals surface area (Å²) in [4.78, 5) is 0. The molecule has 0 N–H and O–H groups in total. The quantitative estimate of drug-likeness (QED) is 0.523. The fraction of sp³-hybridized carbons (Fsp3) is 0.900. The molecule has 0 rings (SSSR count). The highest BCUT2D eigenvalue weighted by Crippen LogP contribution is 1.99. The van der Waals surface area contributed by atoms with Crippen molar-refractivity contribution in [1.29, 1.82) is 5.26 Å². The first-order chi connectivity index (χ1) is 5.91. The van der Waals surface area contributed by atoms with Crippen LogP contribution in [-0.4, -0.2) is 13.2 Å². The third-order valence-corrected chi connectivity index (χ3v) is 1.72. The predicted octanol–water partition coefficient (Wildman–Crippen LogP) is 2.89. The summed E-state index contributed by atoms with van der Waals surface area (Å²) in [5.74, 6) is 0. The van der Waals surface area contributed by atoms with Gasteiger partial charge in [0.15, 0.2) is 0 Å². The van der Waals surface area contributed by atoms with E-state index in [9.17, 15) is 0 Å². The first-order valence-electron chi connectivity index (χ1n) is 4.86. The molecule has 0 radical (unpaired) electrons. The summed E-state index contributed by atoms with van der Waals surface area (Å²) in [6.45, 7) is 3.82. The maximum Gasteiger partial charge on any atom is 0.0622 e. The predicted molar refractivity (Wildman–Crippen MR) is 49.8 cm³/mol. The SMILES string of the molecule is CCCCCCOCCCC#N. The van der Waals surface area contributed by atoms with Crippen molar-refractivity contribution in [3.8, 4) is 6.07 Å². The molecule has 0 fully saturated rings. The standard InChI is InChI=1S/C10H19NO/c1-2-3-4-6-9-12-10-7-5-8-11/h2-7,9-10H2,1H3. The van der Waals surface area contributed by atoms with Gasteiger partial charge in [-0.2, -0.15) is 5.26 Å². The van der Waals surface area contributed by atoms with Crippen LogP contribution in [-0.2, 0) is 4.74 Å². The summed E-state index contributed by atoms with van der Waals surface area (Å²) >= 11 is 0. The summed E-state index contributed by atoms with van der Waals surface area (Å²) in [6.07, 6.45) is 6.52. The summed E-state index contributed by atoms with van der Waals surface area (Å²) in [7, 11) is 0. The van der Waals surface area contributed by atoms with Gasteiger partial charge in [0.1, 0.15) is 0 Å². The average Bonchev–Trinajstić information content (AvgIpc) is 2.10. The van der Waals surface area contributed by atoms with Crippen molar-refractivity contribution in [3.63, 3.8) is 0 Å². The Balaban J connectivity index is 2.78. The number of ether oxygens (including phenoxy) is 1. The van der Waals surface area contributed by atoms with Crippen LogP contribution in [0.3, 0.4) is 0 Å². The molecule has 0 aromatic rings. The Labute approximate surface area is 75.5 Å². The van der Waals surface area contributed by atoms with E-state index in [2.05, 4.69) is 13.0 Å². The van der Waals surface area contributed by atoms with E-state index in [0.717, 1.165) is 19.6 Å². The second kappa shape index (κ2) is 10.4. The van der Waals surface area contributed by atoms with E-state index >= 15 is 0 Å². The molecule has 0 atom stereocenters. The molecule has 0 aliphatic heterocycles. The fourth-order valence-corrected chi connectivity index (χ4v) is 0.986. The molecule has 12 heavy (non-hydrogen) atoms. The summed E-state index contributed by atoms with van der Waals surface area (Å²) in [5, 5.41) is 8.23. The molecule has 2 nitrogen and oxygen atoms in total. The monoisotopic (exact) mass is 169 g/mol. The molecule has 0 saturated carbocycles. The number of rotatable bonds is 8. The second-order valence-corrected chi connectivity index (χ2v) is 2.93. The van der Waals surface area contributed by atoms with Crippen LogP contribution < -0.4 is 0 Å². The van der Waals surface area contributed by atoms with Crippen LogP contribution in [0.1, 0.15) is 45.4 Å². The van der Waals surface area contributed by atoms with E-state index in [1.54, 1.807) is 0 Å². The molecule has 0 spiro atoms. The van der Waals surface area contributed by atoms with Crippen molar-refractivity contribution in [2.24, 2.45) is 0 Å². The van der Waals surface area contributed by atoms with Crippen LogP contribution in [0.25, 0.3) is 0 Å². The maximum atomic E-state index is 8.23. The van der Waals surface area contributed by atoms with Crippen LogP contribution in [0.2, 0.25) is 0 Å². The second-order valence-electron chi connectivity index (χ2n) is 2.93. The van der Waals surface area contributed by atoms with E-state index in [-0.39, 0.29) is 0 Å². The van der Waals surface area contributed by atoms with Gasteiger partial charge in [-0.15, -0.1) is 0 Å². The van der Waals surface area contributed by atoms with Gasteiger partial charge in [0.2, 0.25) is 0 Å². The van der Waals surface area contributed by atoms with Crippen LogP contribution in [0, 0.1) is 11.3 Å². The Morgan fingerprint density at radius 3 is 2.50 bits per heavy atom. The highest BCUT2D eigenvalue weighted by molar-refractivity contribution is 4.67. The maximum absolute atomic E-state index is 8.23. The Hall–Kier alpha value is -0.550. The molecule has 0 heterocycles. The van der Waals surface area contributed by atoms with Gasteiger partial charge in [-0.05, 0) is 12.8 Å². The Kier molecular flexibility index (Phi) is 9.97. The Morgan fingerprint density at radius 1 is 1.08 bits per heavy atom. The van der Waals surface area contributed by atoms with Crippen molar-refractivity contribution < 1.29 is 4.74 Å². The smallest absolute Gasteiger partial charge is 0.0622 e.